The fraction of sp³-hybridized carbons (Fsp3) is 0.0476. The van der Waals surface area contributed by atoms with Crippen molar-refractivity contribution in [2.45, 2.75) is 0 Å². The van der Waals surface area contributed by atoms with Crippen molar-refractivity contribution in [1.82, 2.24) is 15.0 Å². The van der Waals surface area contributed by atoms with Crippen LogP contribution in [0.2, 0.25) is 0 Å². The highest BCUT2D eigenvalue weighted by Crippen LogP contribution is 2.31. The van der Waals surface area contributed by atoms with E-state index in [4.69, 9.17) is 0 Å². The summed E-state index contributed by atoms with van der Waals surface area (Å²) in [6.07, 6.45) is 3.40. The minimum Gasteiger partial charge on any atom is -0.478 e. The van der Waals surface area contributed by atoms with E-state index in [2.05, 4.69) is 25.6 Å². The van der Waals surface area contributed by atoms with Crippen molar-refractivity contribution >= 4 is 34.1 Å². The number of carboxylic acids is 1. The minimum absolute atomic E-state index is 0.187. The van der Waals surface area contributed by atoms with E-state index in [9.17, 15) is 9.90 Å². The van der Waals surface area contributed by atoms with Gasteiger partial charge in [0.05, 0.1) is 22.5 Å². The van der Waals surface area contributed by atoms with Crippen molar-refractivity contribution in [1.29, 1.82) is 0 Å². The standard InChI is InChI=1S/C21H17N5O2/c1-22-17-9-8-13(21(27)28)11-18(17)25-20-15-6-2-3-7-16(15)24-19(26-20)14-5-4-10-23-12-14/h2-12,22H,1H3,(H,27,28)(H,24,25,26). The van der Waals surface area contributed by atoms with E-state index in [0.717, 1.165) is 22.2 Å². The lowest BCUT2D eigenvalue weighted by atomic mass is 10.1. The number of hydrogen-bond acceptors (Lipinski definition) is 6. The van der Waals surface area contributed by atoms with Gasteiger partial charge in [-0.2, -0.15) is 0 Å². The summed E-state index contributed by atoms with van der Waals surface area (Å²) in [6, 6.07) is 16.2. The van der Waals surface area contributed by atoms with E-state index in [1.54, 1.807) is 37.6 Å². The second kappa shape index (κ2) is 7.32. The molecule has 0 radical (unpaired) electrons. The van der Waals surface area contributed by atoms with E-state index >= 15 is 0 Å². The van der Waals surface area contributed by atoms with Crippen LogP contribution in [0.5, 0.6) is 0 Å². The molecule has 0 amide bonds. The Kier molecular flexibility index (Phi) is 4.55. The van der Waals surface area contributed by atoms with Crippen LogP contribution in [0.15, 0.2) is 67.0 Å². The Labute approximate surface area is 161 Å². The second-order valence-electron chi connectivity index (χ2n) is 6.10. The summed E-state index contributed by atoms with van der Waals surface area (Å²) in [5.41, 5.74) is 3.13. The molecule has 0 bridgehead atoms. The Morgan fingerprint density at radius 3 is 2.61 bits per heavy atom. The summed E-state index contributed by atoms with van der Waals surface area (Å²) in [7, 11) is 1.78. The van der Waals surface area contributed by atoms with Gasteiger partial charge in [0.1, 0.15) is 5.82 Å². The summed E-state index contributed by atoms with van der Waals surface area (Å²) in [6.45, 7) is 0. The summed E-state index contributed by atoms with van der Waals surface area (Å²) in [5, 5.41) is 16.5. The number of nitrogens with one attached hydrogen (secondary N) is 2. The third-order valence-electron chi connectivity index (χ3n) is 4.31. The van der Waals surface area contributed by atoms with E-state index in [-0.39, 0.29) is 5.56 Å². The highest BCUT2D eigenvalue weighted by atomic mass is 16.4. The molecule has 2 heterocycles. The molecule has 2 aromatic carbocycles. The van der Waals surface area contributed by atoms with Gasteiger partial charge >= 0.3 is 5.97 Å². The number of aromatic nitrogens is 3. The molecule has 0 atom stereocenters. The molecule has 0 spiro atoms. The maximum absolute atomic E-state index is 11.4. The van der Waals surface area contributed by atoms with E-state index in [0.29, 0.717) is 17.3 Å². The lowest BCUT2D eigenvalue weighted by Gasteiger charge is -2.14. The van der Waals surface area contributed by atoms with Crippen molar-refractivity contribution in [2.75, 3.05) is 17.7 Å². The first-order valence-corrected chi connectivity index (χ1v) is 8.65. The van der Waals surface area contributed by atoms with Crippen LogP contribution in [0, 0.1) is 0 Å². The van der Waals surface area contributed by atoms with Crippen molar-refractivity contribution in [2.24, 2.45) is 0 Å². The molecular weight excluding hydrogens is 354 g/mol. The van der Waals surface area contributed by atoms with E-state index in [1.807, 2.05) is 36.4 Å². The van der Waals surface area contributed by atoms with E-state index in [1.165, 1.54) is 0 Å². The number of aromatic carboxylic acids is 1. The third kappa shape index (κ3) is 3.33. The van der Waals surface area contributed by atoms with Crippen LogP contribution in [0.25, 0.3) is 22.3 Å². The van der Waals surface area contributed by atoms with Crippen LogP contribution in [-0.2, 0) is 0 Å². The first-order chi connectivity index (χ1) is 13.7. The summed E-state index contributed by atoms with van der Waals surface area (Å²) >= 11 is 0. The number of benzene rings is 2. The predicted molar refractivity (Wildman–Crippen MR) is 109 cm³/mol. The summed E-state index contributed by atoms with van der Waals surface area (Å²) in [4.78, 5) is 24.8. The Balaban J connectivity index is 1.87. The van der Waals surface area contributed by atoms with Gasteiger partial charge in [-0.05, 0) is 42.5 Å². The zero-order chi connectivity index (χ0) is 19.5. The molecule has 7 nitrogen and oxygen atoms in total. The van der Waals surface area contributed by atoms with Crippen LogP contribution < -0.4 is 10.6 Å². The van der Waals surface area contributed by atoms with Gasteiger partial charge in [-0.1, -0.05) is 12.1 Å². The number of rotatable bonds is 5. The number of pyridine rings is 1. The number of carboxylic acid groups (broad SMARTS) is 1. The molecule has 2 aromatic heterocycles. The van der Waals surface area contributed by atoms with Crippen LogP contribution in [-0.4, -0.2) is 33.1 Å². The summed E-state index contributed by atoms with van der Waals surface area (Å²) < 4.78 is 0. The van der Waals surface area contributed by atoms with Crippen LogP contribution >= 0.6 is 0 Å². The number of fused-ring (bicyclic) bond motifs is 1. The number of carbonyl (C=O) groups is 1. The van der Waals surface area contributed by atoms with Gasteiger partial charge in [0, 0.05) is 30.4 Å². The van der Waals surface area contributed by atoms with Gasteiger partial charge in [0.2, 0.25) is 0 Å². The number of anilines is 3. The molecule has 0 aliphatic carbocycles. The fourth-order valence-corrected chi connectivity index (χ4v) is 2.92. The normalized spacial score (nSPS) is 10.6. The Hall–Kier alpha value is -4.00. The van der Waals surface area contributed by atoms with Gasteiger partial charge in [-0.3, -0.25) is 4.98 Å². The quantitative estimate of drug-likeness (QED) is 0.484. The lowest BCUT2D eigenvalue weighted by Crippen LogP contribution is -2.04. The van der Waals surface area contributed by atoms with E-state index < -0.39 is 5.97 Å². The van der Waals surface area contributed by atoms with Gasteiger partial charge in [-0.25, -0.2) is 14.8 Å². The van der Waals surface area contributed by atoms with Gasteiger partial charge < -0.3 is 15.7 Å². The molecule has 0 aliphatic rings. The molecule has 0 unspecified atom stereocenters. The fourth-order valence-electron chi connectivity index (χ4n) is 2.92. The topological polar surface area (TPSA) is 100 Å². The highest BCUT2D eigenvalue weighted by Gasteiger charge is 2.13. The molecule has 0 saturated heterocycles. The molecule has 3 N–H and O–H groups in total. The zero-order valence-corrected chi connectivity index (χ0v) is 15.0. The molecule has 0 saturated carbocycles. The first-order valence-electron chi connectivity index (χ1n) is 8.65. The smallest absolute Gasteiger partial charge is 0.335 e. The van der Waals surface area contributed by atoms with Crippen molar-refractivity contribution < 1.29 is 9.90 Å². The lowest BCUT2D eigenvalue weighted by molar-refractivity contribution is 0.0697. The Bertz CT molecular complexity index is 1160. The maximum Gasteiger partial charge on any atom is 0.335 e. The average Bonchev–Trinajstić information content (AvgIpc) is 2.74. The molecule has 28 heavy (non-hydrogen) atoms. The largest absolute Gasteiger partial charge is 0.478 e. The number of nitrogens with zero attached hydrogens (tertiary/aromatic N) is 3. The van der Waals surface area contributed by atoms with Crippen LogP contribution in [0.1, 0.15) is 10.4 Å². The van der Waals surface area contributed by atoms with Crippen molar-refractivity contribution in [3.8, 4) is 11.4 Å². The van der Waals surface area contributed by atoms with Crippen molar-refractivity contribution in [3.63, 3.8) is 0 Å². The Morgan fingerprint density at radius 2 is 1.86 bits per heavy atom. The Morgan fingerprint density at radius 1 is 1.00 bits per heavy atom. The molecule has 138 valence electrons. The average molecular weight is 371 g/mol. The van der Waals surface area contributed by atoms with Crippen LogP contribution in [0.4, 0.5) is 17.2 Å². The van der Waals surface area contributed by atoms with Gasteiger partial charge in [-0.15, -0.1) is 0 Å². The SMILES string of the molecule is CNc1ccc(C(=O)O)cc1Nc1nc(-c2cccnc2)nc2ccccc12. The van der Waals surface area contributed by atoms with Crippen molar-refractivity contribution in [3.05, 3.63) is 72.6 Å². The minimum atomic E-state index is -0.991. The zero-order valence-electron chi connectivity index (χ0n) is 15.0. The molecule has 7 heteroatoms. The first kappa shape index (κ1) is 17.4. The third-order valence-corrected chi connectivity index (χ3v) is 4.31. The number of hydrogen-bond donors (Lipinski definition) is 3. The maximum atomic E-state index is 11.4. The number of para-hydroxylation sites is 1. The molecular formula is C21H17N5O2. The summed E-state index contributed by atoms with van der Waals surface area (Å²) in [5.74, 6) is 0.132. The molecule has 4 rings (SSSR count). The van der Waals surface area contributed by atoms with Gasteiger partial charge in [0.25, 0.3) is 0 Å². The van der Waals surface area contributed by atoms with Gasteiger partial charge in [0.15, 0.2) is 5.82 Å². The highest BCUT2D eigenvalue weighted by molar-refractivity contribution is 5.95. The molecule has 0 fully saturated rings. The molecule has 0 aliphatic heterocycles. The molecule has 4 aromatic rings. The van der Waals surface area contributed by atoms with Crippen LogP contribution in [0.3, 0.4) is 0 Å². The second-order valence-corrected chi connectivity index (χ2v) is 6.10. The predicted octanol–water partition coefficient (Wildman–Crippen LogP) is 4.18. The monoisotopic (exact) mass is 371 g/mol.